The average molecular weight is 124 g/mol. The van der Waals surface area contributed by atoms with Crippen molar-refractivity contribution in [3.63, 3.8) is 0 Å². The summed E-state index contributed by atoms with van der Waals surface area (Å²) in [5.41, 5.74) is 1.02. The van der Waals surface area contributed by atoms with Gasteiger partial charge in [-0.05, 0) is 13.3 Å². The molecule has 0 spiro atoms. The third kappa shape index (κ3) is 39.9. The molecule has 0 aromatic carbocycles. The normalized spacial score (nSPS) is 6.44. The maximum absolute atomic E-state index is 3.56. The zero-order valence-corrected chi connectivity index (χ0v) is 6.48. The van der Waals surface area contributed by atoms with Crippen LogP contribution in [-0.4, -0.2) is 0 Å². The summed E-state index contributed by atoms with van der Waals surface area (Å²) < 4.78 is 0. The summed E-state index contributed by atoms with van der Waals surface area (Å²) in [7, 11) is 0. The highest BCUT2D eigenvalue weighted by Crippen LogP contribution is 1.81. The number of rotatable bonds is 2. The van der Waals surface area contributed by atoms with Crippen LogP contribution in [0.25, 0.3) is 0 Å². The molecule has 0 amide bonds. The Balaban J connectivity index is 0. The molecule has 0 aromatic rings. The minimum atomic E-state index is 1.02. The Labute approximate surface area is 58.6 Å². The summed E-state index contributed by atoms with van der Waals surface area (Å²) in [4.78, 5) is 0. The fourth-order valence-electron chi connectivity index (χ4n) is 0. The molecule has 0 saturated heterocycles. The topological polar surface area (TPSA) is 0 Å². The van der Waals surface area contributed by atoms with Gasteiger partial charge in [0.15, 0.2) is 0 Å². The molecule has 0 aliphatic heterocycles. The van der Waals surface area contributed by atoms with E-state index < -0.39 is 0 Å². The Kier molecular flexibility index (Phi) is 12.6. The van der Waals surface area contributed by atoms with Gasteiger partial charge in [-0.2, -0.15) is 0 Å². The van der Waals surface area contributed by atoms with Crippen molar-refractivity contribution in [3.05, 3.63) is 37.5 Å². The molecule has 0 aliphatic carbocycles. The van der Waals surface area contributed by atoms with Crippen LogP contribution in [0.1, 0.15) is 20.3 Å². The van der Waals surface area contributed by atoms with E-state index in [0.29, 0.717) is 0 Å². The van der Waals surface area contributed by atoms with Crippen LogP contribution in [0.2, 0.25) is 0 Å². The van der Waals surface area contributed by atoms with Crippen LogP contribution in [0.5, 0.6) is 0 Å². The molecule has 0 saturated carbocycles. The van der Waals surface area contributed by atoms with E-state index in [1.54, 1.807) is 6.08 Å². The molecule has 0 bridgehead atoms. The molecular formula is C9H16. The first-order valence-corrected chi connectivity index (χ1v) is 3.07. The van der Waals surface area contributed by atoms with E-state index in [2.05, 4.69) is 26.7 Å². The van der Waals surface area contributed by atoms with Crippen LogP contribution in [0.4, 0.5) is 0 Å². The Morgan fingerprint density at radius 3 is 1.67 bits per heavy atom. The Bertz CT molecular complexity index is 88.2. The first-order valence-electron chi connectivity index (χ1n) is 3.07. The molecular weight excluding hydrogens is 108 g/mol. The first-order chi connectivity index (χ1) is 4.18. The van der Waals surface area contributed by atoms with Crippen molar-refractivity contribution in [1.29, 1.82) is 0 Å². The quantitative estimate of drug-likeness (QED) is 0.391. The highest BCUT2D eigenvalue weighted by molar-refractivity contribution is 5.05. The largest absolute Gasteiger partial charge is 0.103 e. The van der Waals surface area contributed by atoms with Gasteiger partial charge in [0, 0.05) is 0 Å². The van der Waals surface area contributed by atoms with Gasteiger partial charge >= 0.3 is 0 Å². The molecule has 0 heteroatoms. The molecule has 0 atom stereocenters. The van der Waals surface area contributed by atoms with Gasteiger partial charge in [-0.1, -0.05) is 37.8 Å². The SMILES string of the molecule is C=CC(=C)C.C=CCC. The zero-order valence-electron chi connectivity index (χ0n) is 6.48. The Morgan fingerprint density at radius 2 is 1.67 bits per heavy atom. The van der Waals surface area contributed by atoms with Crippen LogP contribution in [0.3, 0.4) is 0 Å². The van der Waals surface area contributed by atoms with E-state index in [4.69, 9.17) is 0 Å². The summed E-state index contributed by atoms with van der Waals surface area (Å²) in [6.07, 6.45) is 4.68. The molecule has 0 N–H and O–H groups in total. The van der Waals surface area contributed by atoms with Gasteiger partial charge in [0.25, 0.3) is 0 Å². The highest BCUT2D eigenvalue weighted by atomic mass is 13.7. The molecule has 0 fully saturated rings. The van der Waals surface area contributed by atoms with Crippen molar-refractivity contribution in [2.45, 2.75) is 20.3 Å². The van der Waals surface area contributed by atoms with Gasteiger partial charge in [0.2, 0.25) is 0 Å². The Morgan fingerprint density at radius 1 is 1.44 bits per heavy atom. The summed E-state index contributed by atoms with van der Waals surface area (Å²) in [5, 5.41) is 0. The van der Waals surface area contributed by atoms with E-state index in [9.17, 15) is 0 Å². The smallest absolute Gasteiger partial charge is 0.0382 e. The van der Waals surface area contributed by atoms with Crippen LogP contribution in [-0.2, 0) is 0 Å². The van der Waals surface area contributed by atoms with Gasteiger partial charge < -0.3 is 0 Å². The third-order valence-electron chi connectivity index (χ3n) is 0.637. The van der Waals surface area contributed by atoms with Gasteiger partial charge in [0.05, 0.1) is 0 Å². The number of allylic oxidation sites excluding steroid dienone is 3. The lowest BCUT2D eigenvalue weighted by Crippen LogP contribution is -1.50. The van der Waals surface area contributed by atoms with E-state index in [1.807, 2.05) is 13.0 Å². The van der Waals surface area contributed by atoms with Crippen molar-refractivity contribution in [2.75, 3.05) is 0 Å². The molecule has 0 nitrogen and oxygen atoms in total. The van der Waals surface area contributed by atoms with Crippen LogP contribution in [0.15, 0.2) is 37.5 Å². The maximum atomic E-state index is 3.56. The van der Waals surface area contributed by atoms with Crippen molar-refractivity contribution in [3.8, 4) is 0 Å². The molecule has 0 heterocycles. The van der Waals surface area contributed by atoms with Crippen molar-refractivity contribution < 1.29 is 0 Å². The lowest BCUT2D eigenvalue weighted by atomic mass is 10.4. The van der Waals surface area contributed by atoms with Crippen LogP contribution >= 0.6 is 0 Å². The van der Waals surface area contributed by atoms with E-state index in [-0.39, 0.29) is 0 Å². The number of hydrogen-bond donors (Lipinski definition) is 0. The lowest BCUT2D eigenvalue weighted by Gasteiger charge is -1.71. The van der Waals surface area contributed by atoms with Crippen molar-refractivity contribution >= 4 is 0 Å². The fraction of sp³-hybridized carbons (Fsp3) is 0.333. The van der Waals surface area contributed by atoms with Crippen molar-refractivity contribution in [1.82, 2.24) is 0 Å². The fourth-order valence-corrected chi connectivity index (χ4v) is 0. The minimum Gasteiger partial charge on any atom is -0.103 e. The third-order valence-corrected chi connectivity index (χ3v) is 0.637. The number of hydrogen-bond acceptors (Lipinski definition) is 0. The van der Waals surface area contributed by atoms with E-state index in [1.165, 1.54) is 0 Å². The summed E-state index contributed by atoms with van der Waals surface area (Å²) in [6.45, 7) is 14.5. The predicted molar refractivity (Wildman–Crippen MR) is 45.5 cm³/mol. The van der Waals surface area contributed by atoms with E-state index >= 15 is 0 Å². The van der Waals surface area contributed by atoms with E-state index in [0.717, 1.165) is 12.0 Å². The highest BCUT2D eigenvalue weighted by Gasteiger charge is 1.59. The Hall–Kier alpha value is -0.780. The molecule has 0 rings (SSSR count). The first kappa shape index (κ1) is 11.1. The lowest BCUT2D eigenvalue weighted by molar-refractivity contribution is 1.23. The van der Waals surface area contributed by atoms with Gasteiger partial charge in [-0.15, -0.1) is 6.58 Å². The summed E-state index contributed by atoms with van der Waals surface area (Å²) in [6, 6.07) is 0. The summed E-state index contributed by atoms with van der Waals surface area (Å²) >= 11 is 0. The molecule has 9 heavy (non-hydrogen) atoms. The molecule has 0 aromatic heterocycles. The van der Waals surface area contributed by atoms with Gasteiger partial charge in [-0.3, -0.25) is 0 Å². The van der Waals surface area contributed by atoms with Gasteiger partial charge in [-0.25, -0.2) is 0 Å². The monoisotopic (exact) mass is 124 g/mol. The molecule has 52 valence electrons. The second-order valence-corrected chi connectivity index (χ2v) is 1.75. The van der Waals surface area contributed by atoms with Crippen LogP contribution < -0.4 is 0 Å². The molecule has 0 unspecified atom stereocenters. The molecule has 0 aliphatic rings. The standard InChI is InChI=1S/C5H8.C4H8/c1-4-5(2)3;1-3-4-2/h4H,1-2H2,3H3;3H,1,4H2,2H3. The second kappa shape index (κ2) is 10.3. The molecule has 0 radical (unpaired) electrons. The average Bonchev–Trinajstić information content (AvgIpc) is 1.89. The predicted octanol–water partition coefficient (Wildman–Crippen LogP) is 3.33. The van der Waals surface area contributed by atoms with Crippen molar-refractivity contribution in [2.24, 2.45) is 0 Å². The summed E-state index contributed by atoms with van der Waals surface area (Å²) in [5.74, 6) is 0. The zero-order chi connectivity index (χ0) is 7.70. The maximum Gasteiger partial charge on any atom is -0.0382 e. The van der Waals surface area contributed by atoms with Gasteiger partial charge in [0.1, 0.15) is 0 Å². The van der Waals surface area contributed by atoms with Crippen LogP contribution in [0, 0.1) is 0 Å². The minimum absolute atomic E-state index is 1.02. The second-order valence-electron chi connectivity index (χ2n) is 1.75.